The SMILES string of the molecule is O=C1NC(C2CCCCC2)C(=O)N1c1ccc(Cl)cc1. The number of hydrogen-bond acceptors (Lipinski definition) is 2. The zero-order chi connectivity index (χ0) is 14.1. The molecule has 1 aliphatic carbocycles. The second-order valence-electron chi connectivity index (χ2n) is 5.48. The molecule has 3 rings (SSSR count). The number of carbonyl (C=O) groups is 2. The molecule has 1 aliphatic heterocycles. The number of imide groups is 1. The van der Waals surface area contributed by atoms with Crippen molar-refractivity contribution in [3.8, 4) is 0 Å². The first-order chi connectivity index (χ1) is 9.66. The van der Waals surface area contributed by atoms with Crippen LogP contribution in [0.1, 0.15) is 32.1 Å². The first-order valence-electron chi connectivity index (χ1n) is 7.07. The van der Waals surface area contributed by atoms with Gasteiger partial charge in [-0.05, 0) is 43.0 Å². The maximum Gasteiger partial charge on any atom is 0.329 e. The highest BCUT2D eigenvalue weighted by Gasteiger charge is 2.43. The van der Waals surface area contributed by atoms with E-state index in [0.29, 0.717) is 10.7 Å². The fourth-order valence-electron chi connectivity index (χ4n) is 3.12. The summed E-state index contributed by atoms with van der Waals surface area (Å²) in [5.74, 6) is 0.140. The Kier molecular flexibility index (Phi) is 3.66. The molecule has 1 aromatic carbocycles. The number of amides is 3. The number of halogens is 1. The van der Waals surface area contributed by atoms with Gasteiger partial charge in [0, 0.05) is 5.02 Å². The molecule has 5 heteroatoms. The van der Waals surface area contributed by atoms with Crippen LogP contribution in [0, 0.1) is 5.92 Å². The van der Waals surface area contributed by atoms with Crippen LogP contribution in [0.5, 0.6) is 0 Å². The number of anilines is 1. The van der Waals surface area contributed by atoms with Crippen molar-refractivity contribution in [2.24, 2.45) is 5.92 Å². The van der Waals surface area contributed by atoms with Crippen LogP contribution in [-0.2, 0) is 4.79 Å². The Morgan fingerprint density at radius 3 is 2.35 bits per heavy atom. The maximum absolute atomic E-state index is 12.5. The van der Waals surface area contributed by atoms with Gasteiger partial charge in [0.05, 0.1) is 5.69 Å². The zero-order valence-electron chi connectivity index (χ0n) is 11.1. The zero-order valence-corrected chi connectivity index (χ0v) is 11.9. The predicted octanol–water partition coefficient (Wildman–Crippen LogP) is 3.35. The molecule has 0 bridgehead atoms. The quantitative estimate of drug-likeness (QED) is 0.850. The van der Waals surface area contributed by atoms with Gasteiger partial charge in [-0.1, -0.05) is 30.9 Å². The van der Waals surface area contributed by atoms with Gasteiger partial charge in [-0.15, -0.1) is 0 Å². The first kappa shape index (κ1) is 13.4. The van der Waals surface area contributed by atoms with Crippen LogP contribution < -0.4 is 10.2 Å². The normalized spacial score (nSPS) is 24.1. The summed E-state index contributed by atoms with van der Waals surface area (Å²) in [5, 5.41) is 3.43. The summed E-state index contributed by atoms with van der Waals surface area (Å²) in [5.41, 5.74) is 0.579. The number of benzene rings is 1. The highest BCUT2D eigenvalue weighted by atomic mass is 35.5. The molecule has 3 amide bonds. The average Bonchev–Trinajstić information content (AvgIpc) is 2.76. The minimum atomic E-state index is -0.363. The third-order valence-corrected chi connectivity index (χ3v) is 4.43. The maximum atomic E-state index is 12.5. The lowest BCUT2D eigenvalue weighted by Crippen LogP contribution is -2.38. The van der Waals surface area contributed by atoms with Crippen molar-refractivity contribution in [1.82, 2.24) is 5.32 Å². The largest absolute Gasteiger partial charge is 0.329 e. The van der Waals surface area contributed by atoms with Gasteiger partial charge < -0.3 is 5.32 Å². The second-order valence-corrected chi connectivity index (χ2v) is 5.91. The molecule has 1 heterocycles. The summed E-state index contributed by atoms with van der Waals surface area (Å²) in [6, 6.07) is 6.08. The number of carbonyl (C=O) groups excluding carboxylic acids is 2. The Labute approximate surface area is 123 Å². The van der Waals surface area contributed by atoms with Gasteiger partial charge in [-0.3, -0.25) is 4.79 Å². The van der Waals surface area contributed by atoms with E-state index >= 15 is 0 Å². The fraction of sp³-hybridized carbons (Fsp3) is 0.467. The number of urea groups is 1. The van der Waals surface area contributed by atoms with E-state index in [0.717, 1.165) is 25.7 Å². The van der Waals surface area contributed by atoms with Gasteiger partial charge in [-0.2, -0.15) is 0 Å². The second kappa shape index (κ2) is 5.44. The smallest absolute Gasteiger partial charge is 0.325 e. The van der Waals surface area contributed by atoms with E-state index in [1.54, 1.807) is 24.3 Å². The van der Waals surface area contributed by atoms with Crippen molar-refractivity contribution in [1.29, 1.82) is 0 Å². The molecule has 1 atom stereocenters. The summed E-state index contributed by atoms with van der Waals surface area (Å²) in [7, 11) is 0. The van der Waals surface area contributed by atoms with Gasteiger partial charge in [-0.25, -0.2) is 9.69 Å². The standard InChI is InChI=1S/C15H17ClN2O2/c16-11-6-8-12(9-7-11)18-14(19)13(17-15(18)20)10-4-2-1-3-5-10/h6-10,13H,1-5H2,(H,17,20). The molecule has 106 valence electrons. The lowest BCUT2D eigenvalue weighted by molar-refractivity contribution is -0.119. The van der Waals surface area contributed by atoms with Crippen LogP contribution in [0.3, 0.4) is 0 Å². The van der Waals surface area contributed by atoms with Gasteiger partial charge in [0.2, 0.25) is 0 Å². The molecular formula is C15H17ClN2O2. The topological polar surface area (TPSA) is 49.4 Å². The molecule has 0 radical (unpaired) electrons. The van der Waals surface area contributed by atoms with E-state index in [-0.39, 0.29) is 23.9 Å². The molecule has 1 aromatic rings. The molecule has 20 heavy (non-hydrogen) atoms. The van der Waals surface area contributed by atoms with E-state index in [2.05, 4.69) is 5.32 Å². The number of hydrogen-bond donors (Lipinski definition) is 1. The minimum absolute atomic E-state index is 0.135. The summed E-state index contributed by atoms with van der Waals surface area (Å²) < 4.78 is 0. The number of nitrogens with zero attached hydrogens (tertiary/aromatic N) is 1. The lowest BCUT2D eigenvalue weighted by Gasteiger charge is -2.25. The average molecular weight is 293 g/mol. The van der Waals surface area contributed by atoms with Crippen molar-refractivity contribution in [2.45, 2.75) is 38.1 Å². The Morgan fingerprint density at radius 2 is 1.70 bits per heavy atom. The Bertz CT molecular complexity index is 523. The minimum Gasteiger partial charge on any atom is -0.325 e. The van der Waals surface area contributed by atoms with Crippen LogP contribution in [0.15, 0.2) is 24.3 Å². The molecule has 1 saturated carbocycles. The van der Waals surface area contributed by atoms with E-state index in [1.807, 2.05) is 0 Å². The van der Waals surface area contributed by atoms with Crippen LogP contribution in [-0.4, -0.2) is 18.0 Å². The summed E-state index contributed by atoms with van der Waals surface area (Å²) in [6.07, 6.45) is 5.55. The fourth-order valence-corrected chi connectivity index (χ4v) is 3.25. The predicted molar refractivity (Wildman–Crippen MR) is 77.8 cm³/mol. The van der Waals surface area contributed by atoms with E-state index < -0.39 is 0 Å². The number of nitrogens with one attached hydrogen (secondary N) is 1. The van der Waals surface area contributed by atoms with Gasteiger partial charge in [0.25, 0.3) is 5.91 Å². The Balaban J connectivity index is 1.81. The molecule has 2 aliphatic rings. The van der Waals surface area contributed by atoms with Crippen molar-refractivity contribution >= 4 is 29.2 Å². The van der Waals surface area contributed by atoms with E-state index in [1.165, 1.54) is 11.3 Å². The monoisotopic (exact) mass is 292 g/mol. The molecule has 4 nitrogen and oxygen atoms in total. The van der Waals surface area contributed by atoms with Crippen molar-refractivity contribution in [2.75, 3.05) is 4.90 Å². The third-order valence-electron chi connectivity index (χ3n) is 4.17. The summed E-state index contributed by atoms with van der Waals surface area (Å²) in [4.78, 5) is 25.8. The van der Waals surface area contributed by atoms with E-state index in [9.17, 15) is 9.59 Å². The summed E-state index contributed by atoms with van der Waals surface area (Å²) >= 11 is 5.84. The van der Waals surface area contributed by atoms with Crippen molar-refractivity contribution in [3.63, 3.8) is 0 Å². The number of rotatable bonds is 2. The molecule has 2 fully saturated rings. The van der Waals surface area contributed by atoms with Gasteiger partial charge in [0.1, 0.15) is 6.04 Å². The van der Waals surface area contributed by atoms with Crippen molar-refractivity contribution < 1.29 is 9.59 Å². The Morgan fingerprint density at radius 1 is 1.05 bits per heavy atom. The van der Waals surface area contributed by atoms with Gasteiger partial charge in [0.15, 0.2) is 0 Å². The van der Waals surface area contributed by atoms with Gasteiger partial charge >= 0.3 is 6.03 Å². The van der Waals surface area contributed by atoms with Crippen LogP contribution in [0.25, 0.3) is 0 Å². The van der Waals surface area contributed by atoms with Crippen LogP contribution in [0.2, 0.25) is 5.02 Å². The van der Waals surface area contributed by atoms with Crippen LogP contribution >= 0.6 is 11.6 Å². The van der Waals surface area contributed by atoms with Crippen molar-refractivity contribution in [3.05, 3.63) is 29.3 Å². The first-order valence-corrected chi connectivity index (χ1v) is 7.44. The highest BCUT2D eigenvalue weighted by molar-refractivity contribution is 6.30. The molecular weight excluding hydrogens is 276 g/mol. The third kappa shape index (κ3) is 2.40. The lowest BCUT2D eigenvalue weighted by atomic mass is 9.84. The highest BCUT2D eigenvalue weighted by Crippen LogP contribution is 2.31. The molecule has 0 spiro atoms. The molecule has 0 aromatic heterocycles. The molecule has 1 unspecified atom stereocenters. The molecule has 1 N–H and O–H groups in total. The van der Waals surface area contributed by atoms with Crippen LogP contribution in [0.4, 0.5) is 10.5 Å². The summed E-state index contributed by atoms with van der Waals surface area (Å²) in [6.45, 7) is 0. The Hall–Kier alpha value is -1.55. The molecule has 1 saturated heterocycles. The van der Waals surface area contributed by atoms with E-state index in [4.69, 9.17) is 11.6 Å².